The summed E-state index contributed by atoms with van der Waals surface area (Å²) in [5, 5.41) is 10.5. The lowest BCUT2D eigenvalue weighted by atomic mass is 9.98. The van der Waals surface area contributed by atoms with Crippen molar-refractivity contribution in [3.63, 3.8) is 0 Å². The Morgan fingerprint density at radius 2 is 2.00 bits per heavy atom. The van der Waals surface area contributed by atoms with E-state index in [0.717, 1.165) is 12.8 Å². The smallest absolute Gasteiger partial charge is 0.179 e. The Kier molecular flexibility index (Phi) is 6.42. The average molecular weight is 288 g/mol. The van der Waals surface area contributed by atoms with Crippen LogP contribution in [0.1, 0.15) is 37.8 Å². The molecule has 0 fully saturated rings. The molecule has 0 aliphatic rings. The molecule has 0 unspecified atom stereocenters. The molecule has 3 N–H and O–H groups in total. The van der Waals surface area contributed by atoms with Gasteiger partial charge in [-0.25, -0.2) is 0 Å². The van der Waals surface area contributed by atoms with Crippen LogP contribution in [-0.2, 0) is 0 Å². The first-order valence-electron chi connectivity index (χ1n) is 6.40. The Bertz CT molecular complexity index is 412. The highest BCUT2D eigenvalue weighted by molar-refractivity contribution is 6.33. The highest BCUT2D eigenvalue weighted by Crippen LogP contribution is 2.39. The third-order valence-corrected chi connectivity index (χ3v) is 3.53. The molecule has 0 aliphatic carbocycles. The van der Waals surface area contributed by atoms with E-state index in [-0.39, 0.29) is 0 Å². The standard InChI is InChI=1S/C14H22ClNO3/c1-4-5-6-10(17)13(16)9-7-8-11(18-2)14(19-3)12(9)15/h7-8,10,13,17H,4-6,16H2,1-3H3/t10-,13+/m1/s1. The van der Waals surface area contributed by atoms with Crippen LogP contribution in [0.3, 0.4) is 0 Å². The second kappa shape index (κ2) is 7.58. The SMILES string of the molecule is CCCC[C@@H](O)[C@@H](N)c1ccc(OC)c(OC)c1Cl. The van der Waals surface area contributed by atoms with Crippen molar-refractivity contribution in [2.45, 2.75) is 38.3 Å². The largest absolute Gasteiger partial charge is 0.493 e. The minimum Gasteiger partial charge on any atom is -0.493 e. The van der Waals surface area contributed by atoms with E-state index in [4.69, 9.17) is 26.8 Å². The number of unbranched alkanes of at least 4 members (excludes halogenated alkanes) is 1. The predicted molar refractivity (Wildman–Crippen MR) is 77.0 cm³/mol. The van der Waals surface area contributed by atoms with Crippen molar-refractivity contribution in [2.75, 3.05) is 14.2 Å². The third kappa shape index (κ3) is 3.75. The minimum absolute atomic E-state index is 0.393. The predicted octanol–water partition coefficient (Wildman–Crippen LogP) is 2.91. The Labute approximate surface area is 119 Å². The van der Waals surface area contributed by atoms with Crippen molar-refractivity contribution >= 4 is 11.6 Å². The molecule has 1 aromatic carbocycles. The van der Waals surface area contributed by atoms with Crippen LogP contribution in [0.5, 0.6) is 11.5 Å². The van der Waals surface area contributed by atoms with Gasteiger partial charge in [-0.1, -0.05) is 37.4 Å². The number of rotatable bonds is 7. The van der Waals surface area contributed by atoms with Crippen LogP contribution < -0.4 is 15.2 Å². The zero-order chi connectivity index (χ0) is 14.4. The van der Waals surface area contributed by atoms with Crippen LogP contribution >= 0.6 is 11.6 Å². The molecule has 19 heavy (non-hydrogen) atoms. The summed E-state index contributed by atoms with van der Waals surface area (Å²) in [4.78, 5) is 0. The van der Waals surface area contributed by atoms with Gasteiger partial charge >= 0.3 is 0 Å². The maximum atomic E-state index is 10.1. The van der Waals surface area contributed by atoms with Gasteiger partial charge in [0.1, 0.15) is 0 Å². The van der Waals surface area contributed by atoms with E-state index in [2.05, 4.69) is 6.92 Å². The lowest BCUT2D eigenvalue weighted by molar-refractivity contribution is 0.132. The van der Waals surface area contributed by atoms with Crippen LogP contribution in [0.2, 0.25) is 5.02 Å². The molecule has 4 nitrogen and oxygen atoms in total. The molecule has 0 heterocycles. The zero-order valence-corrected chi connectivity index (χ0v) is 12.4. The topological polar surface area (TPSA) is 64.7 Å². The van der Waals surface area contributed by atoms with Crippen molar-refractivity contribution in [1.82, 2.24) is 0 Å². The number of methoxy groups -OCH3 is 2. The lowest BCUT2D eigenvalue weighted by Crippen LogP contribution is -2.26. The van der Waals surface area contributed by atoms with Gasteiger partial charge in [-0.15, -0.1) is 0 Å². The van der Waals surface area contributed by atoms with E-state index in [9.17, 15) is 5.11 Å². The number of aliphatic hydroxyl groups is 1. The van der Waals surface area contributed by atoms with Crippen molar-refractivity contribution in [3.05, 3.63) is 22.7 Å². The van der Waals surface area contributed by atoms with Crippen molar-refractivity contribution < 1.29 is 14.6 Å². The van der Waals surface area contributed by atoms with Gasteiger partial charge in [0.05, 0.1) is 31.4 Å². The van der Waals surface area contributed by atoms with E-state index in [1.165, 1.54) is 7.11 Å². The highest BCUT2D eigenvalue weighted by atomic mass is 35.5. The fourth-order valence-electron chi connectivity index (χ4n) is 1.96. The molecular weight excluding hydrogens is 266 g/mol. The molecular formula is C14H22ClNO3. The lowest BCUT2D eigenvalue weighted by Gasteiger charge is -2.21. The molecule has 1 aromatic rings. The van der Waals surface area contributed by atoms with Crippen molar-refractivity contribution in [3.8, 4) is 11.5 Å². The summed E-state index contributed by atoms with van der Waals surface area (Å²) in [7, 11) is 3.07. The van der Waals surface area contributed by atoms with Gasteiger partial charge in [-0.05, 0) is 18.1 Å². The number of halogens is 1. The maximum Gasteiger partial charge on any atom is 0.179 e. The Morgan fingerprint density at radius 1 is 1.32 bits per heavy atom. The fourth-order valence-corrected chi connectivity index (χ4v) is 2.32. The molecule has 2 atom stereocenters. The van der Waals surface area contributed by atoms with Crippen LogP contribution in [0.4, 0.5) is 0 Å². The number of ether oxygens (including phenoxy) is 2. The monoisotopic (exact) mass is 287 g/mol. The number of aliphatic hydroxyl groups excluding tert-OH is 1. The highest BCUT2D eigenvalue weighted by Gasteiger charge is 2.22. The van der Waals surface area contributed by atoms with Gasteiger partial charge in [-0.2, -0.15) is 0 Å². The molecule has 1 rings (SSSR count). The van der Waals surface area contributed by atoms with E-state index in [1.807, 2.05) is 0 Å². The molecule has 0 amide bonds. The number of hydrogen-bond acceptors (Lipinski definition) is 4. The molecule has 0 aliphatic heterocycles. The Balaban J connectivity index is 3.00. The Morgan fingerprint density at radius 3 is 2.53 bits per heavy atom. The third-order valence-electron chi connectivity index (χ3n) is 3.14. The first kappa shape index (κ1) is 16.1. The van der Waals surface area contributed by atoms with Gasteiger partial charge in [0.25, 0.3) is 0 Å². The van der Waals surface area contributed by atoms with Crippen LogP contribution in [-0.4, -0.2) is 25.4 Å². The summed E-state index contributed by atoms with van der Waals surface area (Å²) >= 11 is 6.27. The van der Waals surface area contributed by atoms with Crippen LogP contribution in [0.25, 0.3) is 0 Å². The number of hydrogen-bond donors (Lipinski definition) is 2. The van der Waals surface area contributed by atoms with Crippen LogP contribution in [0.15, 0.2) is 12.1 Å². The molecule has 5 heteroatoms. The molecule has 0 saturated carbocycles. The second-order valence-corrected chi connectivity index (χ2v) is 4.82. The first-order valence-corrected chi connectivity index (χ1v) is 6.78. The number of nitrogens with two attached hydrogens (primary N) is 1. The van der Waals surface area contributed by atoms with Gasteiger partial charge in [0.15, 0.2) is 11.5 Å². The fraction of sp³-hybridized carbons (Fsp3) is 0.571. The van der Waals surface area contributed by atoms with Gasteiger partial charge < -0.3 is 20.3 Å². The molecule has 0 bridgehead atoms. The normalized spacial score (nSPS) is 14.0. The van der Waals surface area contributed by atoms with Gasteiger partial charge in [-0.3, -0.25) is 0 Å². The first-order chi connectivity index (χ1) is 9.06. The summed E-state index contributed by atoms with van der Waals surface area (Å²) in [5.41, 5.74) is 6.73. The summed E-state index contributed by atoms with van der Waals surface area (Å²) in [6.07, 6.45) is 1.99. The van der Waals surface area contributed by atoms with Gasteiger partial charge in [0.2, 0.25) is 0 Å². The van der Waals surface area contributed by atoms with E-state index in [0.29, 0.717) is 28.5 Å². The summed E-state index contributed by atoms with van der Waals surface area (Å²) in [6.45, 7) is 2.07. The van der Waals surface area contributed by atoms with E-state index < -0.39 is 12.1 Å². The van der Waals surface area contributed by atoms with Gasteiger partial charge in [0, 0.05) is 0 Å². The Hall–Kier alpha value is -0.970. The molecule has 0 aromatic heterocycles. The molecule has 0 saturated heterocycles. The average Bonchev–Trinajstić information content (AvgIpc) is 2.43. The summed E-state index contributed by atoms with van der Waals surface area (Å²) in [6, 6.07) is 2.98. The molecule has 0 radical (unpaired) electrons. The van der Waals surface area contributed by atoms with Crippen molar-refractivity contribution in [1.29, 1.82) is 0 Å². The van der Waals surface area contributed by atoms with E-state index in [1.54, 1.807) is 19.2 Å². The van der Waals surface area contributed by atoms with E-state index >= 15 is 0 Å². The maximum absolute atomic E-state index is 10.1. The second-order valence-electron chi connectivity index (χ2n) is 4.44. The minimum atomic E-state index is -0.615. The zero-order valence-electron chi connectivity index (χ0n) is 11.6. The van der Waals surface area contributed by atoms with Crippen LogP contribution in [0, 0.1) is 0 Å². The van der Waals surface area contributed by atoms with Crippen molar-refractivity contribution in [2.24, 2.45) is 5.73 Å². The summed E-state index contributed by atoms with van der Waals surface area (Å²) in [5.74, 6) is 0.992. The summed E-state index contributed by atoms with van der Waals surface area (Å²) < 4.78 is 10.4. The number of benzene rings is 1. The quantitative estimate of drug-likeness (QED) is 0.809. The molecule has 0 spiro atoms. The molecule has 108 valence electrons.